The van der Waals surface area contributed by atoms with Crippen LogP contribution in [0, 0.1) is 0 Å². The molecule has 0 aliphatic rings. The third-order valence-corrected chi connectivity index (χ3v) is 2.47. The van der Waals surface area contributed by atoms with Crippen LogP contribution in [0.2, 0.25) is 0 Å². The van der Waals surface area contributed by atoms with Crippen molar-refractivity contribution in [3.05, 3.63) is 29.8 Å². The average Bonchev–Trinajstić information content (AvgIpc) is 2.29. The minimum absolute atomic E-state index is 0.148. The number of hydrogen-bond acceptors (Lipinski definition) is 2. The molecule has 1 aromatic rings. The number of ether oxygens (including phenoxy) is 2. The Balaban J connectivity index is 2.49. The van der Waals surface area contributed by atoms with Gasteiger partial charge in [0.25, 0.3) is 0 Å². The maximum absolute atomic E-state index is 5.57. The highest BCUT2D eigenvalue weighted by atomic mass is 16.5. The third kappa shape index (κ3) is 3.92. The molecule has 0 heterocycles. The van der Waals surface area contributed by atoms with Crippen LogP contribution in [0.4, 0.5) is 0 Å². The van der Waals surface area contributed by atoms with Gasteiger partial charge in [0.05, 0.1) is 12.7 Å². The molecule has 84 valence electrons. The van der Waals surface area contributed by atoms with Crippen molar-refractivity contribution in [1.82, 2.24) is 0 Å². The Morgan fingerprint density at radius 3 is 2.40 bits per heavy atom. The SMILES string of the molecule is CCCCOc1ccc(C(C)OC)cc1. The summed E-state index contributed by atoms with van der Waals surface area (Å²) >= 11 is 0. The van der Waals surface area contributed by atoms with Gasteiger partial charge in [-0.2, -0.15) is 0 Å². The van der Waals surface area contributed by atoms with Crippen LogP contribution in [0.3, 0.4) is 0 Å². The lowest BCUT2D eigenvalue weighted by Gasteiger charge is -2.10. The minimum Gasteiger partial charge on any atom is -0.494 e. The molecule has 0 fully saturated rings. The summed E-state index contributed by atoms with van der Waals surface area (Å²) in [4.78, 5) is 0. The van der Waals surface area contributed by atoms with Gasteiger partial charge < -0.3 is 9.47 Å². The van der Waals surface area contributed by atoms with E-state index in [4.69, 9.17) is 9.47 Å². The fourth-order valence-corrected chi connectivity index (χ4v) is 1.31. The molecule has 0 aliphatic heterocycles. The highest BCUT2D eigenvalue weighted by Crippen LogP contribution is 2.19. The zero-order valence-corrected chi connectivity index (χ0v) is 9.82. The molecule has 2 heteroatoms. The fourth-order valence-electron chi connectivity index (χ4n) is 1.31. The molecule has 1 aromatic carbocycles. The van der Waals surface area contributed by atoms with Crippen LogP contribution in [0.25, 0.3) is 0 Å². The molecule has 2 nitrogen and oxygen atoms in total. The topological polar surface area (TPSA) is 18.5 Å². The van der Waals surface area contributed by atoms with Crippen LogP contribution in [0.1, 0.15) is 38.4 Å². The summed E-state index contributed by atoms with van der Waals surface area (Å²) in [5.74, 6) is 0.940. The van der Waals surface area contributed by atoms with Crippen molar-refractivity contribution in [2.45, 2.75) is 32.8 Å². The quantitative estimate of drug-likeness (QED) is 0.665. The van der Waals surface area contributed by atoms with Crippen molar-refractivity contribution in [1.29, 1.82) is 0 Å². The van der Waals surface area contributed by atoms with Crippen LogP contribution in [-0.2, 0) is 4.74 Å². The Morgan fingerprint density at radius 2 is 1.87 bits per heavy atom. The number of methoxy groups -OCH3 is 1. The van der Waals surface area contributed by atoms with E-state index < -0.39 is 0 Å². The van der Waals surface area contributed by atoms with Crippen LogP contribution in [0.15, 0.2) is 24.3 Å². The Hall–Kier alpha value is -1.02. The zero-order valence-electron chi connectivity index (χ0n) is 9.82. The van der Waals surface area contributed by atoms with Crippen molar-refractivity contribution in [2.24, 2.45) is 0 Å². The number of benzene rings is 1. The molecule has 0 saturated heterocycles. The lowest BCUT2D eigenvalue weighted by atomic mass is 10.1. The van der Waals surface area contributed by atoms with Gasteiger partial charge in [0.2, 0.25) is 0 Å². The smallest absolute Gasteiger partial charge is 0.119 e. The normalized spacial score (nSPS) is 12.5. The van der Waals surface area contributed by atoms with E-state index in [-0.39, 0.29) is 6.10 Å². The highest BCUT2D eigenvalue weighted by Gasteiger charge is 2.02. The molecule has 0 aromatic heterocycles. The first-order valence-electron chi connectivity index (χ1n) is 5.53. The molecular weight excluding hydrogens is 188 g/mol. The first-order chi connectivity index (χ1) is 7.27. The van der Waals surface area contributed by atoms with Gasteiger partial charge in [-0.15, -0.1) is 0 Å². The molecule has 1 rings (SSSR count). The molecule has 0 aliphatic carbocycles. The van der Waals surface area contributed by atoms with Crippen molar-refractivity contribution in [3.63, 3.8) is 0 Å². The summed E-state index contributed by atoms with van der Waals surface area (Å²) in [6.07, 6.45) is 2.42. The number of rotatable bonds is 6. The van der Waals surface area contributed by atoms with Crippen molar-refractivity contribution in [3.8, 4) is 5.75 Å². The molecule has 0 radical (unpaired) electrons. The number of hydrogen-bond donors (Lipinski definition) is 0. The fraction of sp³-hybridized carbons (Fsp3) is 0.538. The van der Waals surface area contributed by atoms with Gasteiger partial charge in [0.1, 0.15) is 5.75 Å². The molecule has 0 bridgehead atoms. The molecule has 0 saturated carbocycles. The van der Waals surface area contributed by atoms with Gasteiger partial charge in [-0.1, -0.05) is 25.5 Å². The Bertz CT molecular complexity index is 266. The summed E-state index contributed by atoms with van der Waals surface area (Å²) in [5.41, 5.74) is 1.18. The van der Waals surface area contributed by atoms with E-state index in [9.17, 15) is 0 Å². The molecule has 15 heavy (non-hydrogen) atoms. The Labute approximate surface area is 92.2 Å². The Kier molecular flexibility index (Phi) is 5.19. The lowest BCUT2D eigenvalue weighted by Crippen LogP contribution is -1.98. The highest BCUT2D eigenvalue weighted by molar-refractivity contribution is 5.28. The van der Waals surface area contributed by atoms with Crippen molar-refractivity contribution < 1.29 is 9.47 Å². The third-order valence-electron chi connectivity index (χ3n) is 2.47. The van der Waals surface area contributed by atoms with Gasteiger partial charge in [0, 0.05) is 7.11 Å². The summed E-state index contributed by atoms with van der Waals surface area (Å²) in [6, 6.07) is 8.10. The maximum atomic E-state index is 5.57. The van der Waals surface area contributed by atoms with Gasteiger partial charge in [0.15, 0.2) is 0 Å². The van der Waals surface area contributed by atoms with E-state index in [0.717, 1.165) is 18.8 Å². The molecule has 0 N–H and O–H groups in total. The van der Waals surface area contributed by atoms with Crippen LogP contribution < -0.4 is 4.74 Å². The van der Waals surface area contributed by atoms with Crippen molar-refractivity contribution >= 4 is 0 Å². The van der Waals surface area contributed by atoms with E-state index >= 15 is 0 Å². The second-order valence-corrected chi connectivity index (χ2v) is 3.65. The van der Waals surface area contributed by atoms with Crippen LogP contribution in [0.5, 0.6) is 5.75 Å². The van der Waals surface area contributed by atoms with Crippen LogP contribution in [-0.4, -0.2) is 13.7 Å². The molecule has 0 spiro atoms. The van der Waals surface area contributed by atoms with E-state index in [1.807, 2.05) is 19.1 Å². The van der Waals surface area contributed by atoms with Gasteiger partial charge in [-0.25, -0.2) is 0 Å². The molecule has 1 atom stereocenters. The van der Waals surface area contributed by atoms with Gasteiger partial charge in [-0.3, -0.25) is 0 Å². The van der Waals surface area contributed by atoms with E-state index in [1.165, 1.54) is 12.0 Å². The van der Waals surface area contributed by atoms with Crippen LogP contribution >= 0.6 is 0 Å². The van der Waals surface area contributed by atoms with E-state index in [0.29, 0.717) is 0 Å². The first-order valence-corrected chi connectivity index (χ1v) is 5.53. The van der Waals surface area contributed by atoms with Crippen molar-refractivity contribution in [2.75, 3.05) is 13.7 Å². The summed E-state index contributed by atoms with van der Waals surface area (Å²) in [7, 11) is 1.72. The summed E-state index contributed by atoms with van der Waals surface area (Å²) in [5, 5.41) is 0. The Morgan fingerprint density at radius 1 is 1.20 bits per heavy atom. The first kappa shape index (κ1) is 12.1. The predicted octanol–water partition coefficient (Wildman–Crippen LogP) is 3.57. The molecule has 1 unspecified atom stereocenters. The maximum Gasteiger partial charge on any atom is 0.119 e. The lowest BCUT2D eigenvalue weighted by molar-refractivity contribution is 0.119. The second-order valence-electron chi connectivity index (χ2n) is 3.65. The minimum atomic E-state index is 0.148. The molecular formula is C13H20O2. The van der Waals surface area contributed by atoms with Gasteiger partial charge in [-0.05, 0) is 31.0 Å². The largest absolute Gasteiger partial charge is 0.494 e. The zero-order chi connectivity index (χ0) is 11.1. The van der Waals surface area contributed by atoms with E-state index in [1.54, 1.807) is 7.11 Å². The number of unbranched alkanes of at least 4 members (excludes halogenated alkanes) is 1. The second kappa shape index (κ2) is 6.46. The average molecular weight is 208 g/mol. The standard InChI is InChI=1S/C13H20O2/c1-4-5-10-15-13-8-6-12(7-9-13)11(2)14-3/h6-9,11H,4-5,10H2,1-3H3. The molecule has 0 amide bonds. The van der Waals surface area contributed by atoms with E-state index in [2.05, 4.69) is 19.1 Å². The van der Waals surface area contributed by atoms with Gasteiger partial charge >= 0.3 is 0 Å². The predicted molar refractivity (Wildman–Crippen MR) is 62.3 cm³/mol. The summed E-state index contributed by atoms with van der Waals surface area (Å²) in [6.45, 7) is 5.00. The monoisotopic (exact) mass is 208 g/mol. The summed E-state index contributed by atoms with van der Waals surface area (Å²) < 4.78 is 10.8.